The van der Waals surface area contributed by atoms with Crippen molar-refractivity contribution in [1.29, 1.82) is 0 Å². The molecule has 0 spiro atoms. The molecule has 6 heteroatoms. The Labute approximate surface area is 107 Å². The van der Waals surface area contributed by atoms with Crippen molar-refractivity contribution in [3.8, 4) is 0 Å². The Hall–Kier alpha value is -1.40. The molecular weight excluding hydrogens is 272 g/mol. The molecule has 4 nitrogen and oxygen atoms in total. The second-order valence-corrected chi connectivity index (χ2v) is 7.66. The molecule has 0 aromatic heterocycles. The Morgan fingerprint density at radius 2 is 1.06 bits per heavy atom. The minimum atomic E-state index is -3.30. The van der Waals surface area contributed by atoms with Gasteiger partial charge in [0.05, 0.1) is 11.5 Å². The van der Waals surface area contributed by atoms with Gasteiger partial charge in [-0.15, -0.1) is 0 Å². The van der Waals surface area contributed by atoms with Gasteiger partial charge in [0.15, 0.2) is 19.7 Å². The Bertz CT molecular complexity index is 579. The molecule has 0 aliphatic heterocycles. The van der Waals surface area contributed by atoms with Gasteiger partial charge in [-0.25, -0.2) is 16.8 Å². The van der Waals surface area contributed by atoms with Crippen LogP contribution < -0.4 is 0 Å². The average Bonchev–Trinajstić information content (AvgIpc) is 2.31. The summed E-state index contributed by atoms with van der Waals surface area (Å²) >= 11 is 0. The van der Waals surface area contributed by atoms with E-state index in [4.69, 9.17) is 0 Å². The minimum Gasteiger partial charge on any atom is -0.224 e. The summed E-state index contributed by atoms with van der Waals surface area (Å²) in [6.07, 6.45) is 0. The zero-order valence-electron chi connectivity index (χ0n) is 9.74. The maximum absolute atomic E-state index is 11.3. The third-order valence-corrected chi connectivity index (χ3v) is 4.75. The van der Waals surface area contributed by atoms with Gasteiger partial charge in [-0.1, -0.05) is 37.4 Å². The van der Waals surface area contributed by atoms with Crippen molar-refractivity contribution in [2.24, 2.45) is 0 Å². The Balaban J connectivity index is 2.88. The van der Waals surface area contributed by atoms with Gasteiger partial charge in [0.1, 0.15) is 0 Å². The third-order valence-electron chi connectivity index (χ3n) is 2.27. The Morgan fingerprint density at radius 3 is 1.28 bits per heavy atom. The minimum absolute atomic E-state index is 0.134. The predicted molar refractivity (Wildman–Crippen MR) is 72.1 cm³/mol. The lowest BCUT2D eigenvalue weighted by Crippen LogP contribution is -2.01. The molecule has 0 unspecified atom stereocenters. The second-order valence-electron chi connectivity index (χ2n) is 3.76. The van der Waals surface area contributed by atoms with E-state index >= 15 is 0 Å². The van der Waals surface area contributed by atoms with E-state index in [2.05, 4.69) is 13.2 Å². The van der Waals surface area contributed by atoms with Crippen LogP contribution in [0.1, 0.15) is 11.1 Å². The van der Waals surface area contributed by atoms with Crippen molar-refractivity contribution in [2.45, 2.75) is 11.5 Å². The van der Waals surface area contributed by atoms with Gasteiger partial charge >= 0.3 is 0 Å². The van der Waals surface area contributed by atoms with E-state index < -0.39 is 19.7 Å². The molecule has 0 aliphatic carbocycles. The topological polar surface area (TPSA) is 68.3 Å². The third kappa shape index (κ3) is 4.46. The first-order valence-electron chi connectivity index (χ1n) is 5.06. The molecule has 18 heavy (non-hydrogen) atoms. The van der Waals surface area contributed by atoms with E-state index in [0.717, 1.165) is 10.8 Å². The molecule has 0 fully saturated rings. The summed E-state index contributed by atoms with van der Waals surface area (Å²) in [5.74, 6) is -0.268. The molecule has 0 amide bonds. The van der Waals surface area contributed by atoms with Gasteiger partial charge in [-0.05, 0) is 11.1 Å². The molecule has 0 atom stereocenters. The molecule has 98 valence electrons. The van der Waals surface area contributed by atoms with Crippen LogP contribution >= 0.6 is 0 Å². The lowest BCUT2D eigenvalue weighted by molar-refractivity contribution is 0.602. The van der Waals surface area contributed by atoms with Crippen LogP contribution in [0.2, 0.25) is 0 Å². The number of hydrogen-bond acceptors (Lipinski definition) is 4. The summed E-state index contributed by atoms with van der Waals surface area (Å²) in [6.45, 7) is 6.45. The van der Waals surface area contributed by atoms with Crippen LogP contribution in [-0.2, 0) is 31.2 Å². The van der Waals surface area contributed by atoms with Crippen molar-refractivity contribution in [2.75, 3.05) is 0 Å². The number of hydrogen-bond donors (Lipinski definition) is 0. The quantitative estimate of drug-likeness (QED) is 0.799. The SMILES string of the molecule is C=CS(=O)(=O)Cc1ccc(CS(=O)(=O)C=C)cc1. The van der Waals surface area contributed by atoms with E-state index in [0.29, 0.717) is 11.1 Å². The fourth-order valence-corrected chi connectivity index (χ4v) is 2.86. The van der Waals surface area contributed by atoms with Gasteiger partial charge in [0.2, 0.25) is 0 Å². The van der Waals surface area contributed by atoms with Gasteiger partial charge in [0.25, 0.3) is 0 Å². The maximum Gasteiger partial charge on any atom is 0.175 e. The fraction of sp³-hybridized carbons (Fsp3) is 0.167. The van der Waals surface area contributed by atoms with Crippen LogP contribution in [0, 0.1) is 0 Å². The highest BCUT2D eigenvalue weighted by atomic mass is 32.2. The van der Waals surface area contributed by atoms with Gasteiger partial charge in [-0.2, -0.15) is 0 Å². The molecule has 0 saturated carbocycles. The molecule has 1 aromatic carbocycles. The highest BCUT2D eigenvalue weighted by Gasteiger charge is 2.09. The highest BCUT2D eigenvalue weighted by molar-refractivity contribution is 7.93. The zero-order valence-corrected chi connectivity index (χ0v) is 11.4. The molecule has 1 aromatic rings. The average molecular weight is 286 g/mol. The van der Waals surface area contributed by atoms with Gasteiger partial charge in [-0.3, -0.25) is 0 Å². The van der Waals surface area contributed by atoms with Crippen molar-refractivity contribution >= 4 is 19.7 Å². The first-order valence-corrected chi connectivity index (χ1v) is 8.49. The standard InChI is InChI=1S/C12H14O4S2/c1-3-17(13,14)9-11-5-7-12(8-6-11)10-18(15,16)4-2/h3-8H,1-2,9-10H2. The predicted octanol–water partition coefficient (Wildman–Crippen LogP) is 1.80. The smallest absolute Gasteiger partial charge is 0.175 e. The normalized spacial score (nSPS) is 12.0. The van der Waals surface area contributed by atoms with Crippen LogP contribution in [0.25, 0.3) is 0 Å². The summed E-state index contributed by atoms with van der Waals surface area (Å²) in [7, 11) is -6.59. The van der Waals surface area contributed by atoms with Crippen LogP contribution in [0.4, 0.5) is 0 Å². The van der Waals surface area contributed by atoms with Gasteiger partial charge in [0, 0.05) is 10.8 Å². The lowest BCUT2D eigenvalue weighted by Gasteiger charge is -2.03. The van der Waals surface area contributed by atoms with Crippen molar-refractivity contribution in [1.82, 2.24) is 0 Å². The second kappa shape index (κ2) is 5.49. The van der Waals surface area contributed by atoms with Crippen LogP contribution in [0.15, 0.2) is 48.2 Å². The van der Waals surface area contributed by atoms with Crippen molar-refractivity contribution in [3.05, 3.63) is 59.4 Å². The Kier molecular flexibility index (Phi) is 4.48. The summed E-state index contributed by atoms with van der Waals surface area (Å²) in [6, 6.07) is 6.37. The van der Waals surface area contributed by atoms with E-state index in [-0.39, 0.29) is 11.5 Å². The van der Waals surface area contributed by atoms with Crippen molar-refractivity contribution < 1.29 is 16.8 Å². The molecule has 0 aliphatic rings. The monoisotopic (exact) mass is 286 g/mol. The van der Waals surface area contributed by atoms with E-state index in [1.54, 1.807) is 24.3 Å². The molecule has 0 bridgehead atoms. The lowest BCUT2D eigenvalue weighted by atomic mass is 10.2. The first-order chi connectivity index (χ1) is 8.28. The molecule has 1 rings (SSSR count). The summed E-state index contributed by atoms with van der Waals surface area (Å²) in [5, 5.41) is 1.81. The maximum atomic E-state index is 11.3. The number of sulfone groups is 2. The summed E-state index contributed by atoms with van der Waals surface area (Å²) < 4.78 is 45.2. The van der Waals surface area contributed by atoms with Gasteiger partial charge < -0.3 is 0 Å². The molecule has 0 saturated heterocycles. The highest BCUT2D eigenvalue weighted by Crippen LogP contribution is 2.12. The van der Waals surface area contributed by atoms with E-state index in [9.17, 15) is 16.8 Å². The van der Waals surface area contributed by atoms with E-state index in [1.165, 1.54) is 0 Å². The molecule has 0 radical (unpaired) electrons. The first kappa shape index (κ1) is 14.7. The van der Waals surface area contributed by atoms with Crippen molar-refractivity contribution in [3.63, 3.8) is 0 Å². The van der Waals surface area contributed by atoms with Crippen LogP contribution in [0.5, 0.6) is 0 Å². The molecule has 0 N–H and O–H groups in total. The number of rotatable bonds is 6. The molecule has 0 heterocycles. The van der Waals surface area contributed by atoms with Crippen LogP contribution in [-0.4, -0.2) is 16.8 Å². The Morgan fingerprint density at radius 1 is 0.778 bits per heavy atom. The summed E-state index contributed by atoms with van der Waals surface area (Å²) in [5.41, 5.74) is 1.18. The van der Waals surface area contributed by atoms with Crippen LogP contribution in [0.3, 0.4) is 0 Å². The largest absolute Gasteiger partial charge is 0.224 e. The zero-order chi connectivity index (χ0) is 13.8. The van der Waals surface area contributed by atoms with E-state index in [1.807, 2.05) is 0 Å². The summed E-state index contributed by atoms with van der Waals surface area (Å²) in [4.78, 5) is 0. The fourth-order valence-electron chi connectivity index (χ4n) is 1.31. The number of benzene rings is 1. The molecular formula is C12H14O4S2.